The van der Waals surface area contributed by atoms with Gasteiger partial charge in [0.1, 0.15) is 15.9 Å². The Bertz CT molecular complexity index is 1040. The van der Waals surface area contributed by atoms with Gasteiger partial charge in [-0.1, -0.05) is 11.3 Å². The van der Waals surface area contributed by atoms with Crippen LogP contribution in [0.25, 0.3) is 15.2 Å². The first-order valence-corrected chi connectivity index (χ1v) is 8.58. The highest BCUT2D eigenvalue weighted by atomic mass is 32.1. The molecule has 0 spiro atoms. The van der Waals surface area contributed by atoms with E-state index >= 15 is 0 Å². The molecule has 3 heterocycles. The summed E-state index contributed by atoms with van der Waals surface area (Å²) in [6.07, 6.45) is 3.06. The smallest absolute Gasteiger partial charge is 0.330 e. The van der Waals surface area contributed by atoms with Crippen molar-refractivity contribution in [3.05, 3.63) is 38.8 Å². The van der Waals surface area contributed by atoms with Crippen molar-refractivity contribution in [3.8, 4) is 5.00 Å². The van der Waals surface area contributed by atoms with Crippen molar-refractivity contribution in [3.63, 3.8) is 0 Å². The van der Waals surface area contributed by atoms with Gasteiger partial charge < -0.3 is 5.32 Å². The molecule has 9 nitrogen and oxygen atoms in total. The lowest BCUT2D eigenvalue weighted by molar-refractivity contribution is -0.124. The van der Waals surface area contributed by atoms with Crippen molar-refractivity contribution in [2.45, 2.75) is 39.8 Å². The number of aryl methyl sites for hydroxylation is 1. The molecule has 3 rings (SSSR count). The number of H-pyrrole nitrogens is 1. The topological polar surface area (TPSA) is 115 Å². The Morgan fingerprint density at radius 1 is 1.24 bits per heavy atom. The van der Waals surface area contributed by atoms with Crippen LogP contribution in [0.4, 0.5) is 0 Å². The van der Waals surface area contributed by atoms with E-state index in [1.54, 1.807) is 6.92 Å². The first-order chi connectivity index (χ1) is 11.8. The molecular formula is C15H18N6O3S. The van der Waals surface area contributed by atoms with Crippen LogP contribution >= 0.6 is 11.3 Å². The number of nitrogens with zero attached hydrogens (tertiary/aromatic N) is 4. The quantitative estimate of drug-likeness (QED) is 0.710. The average Bonchev–Trinajstić information content (AvgIpc) is 3.14. The molecule has 1 atom stereocenters. The van der Waals surface area contributed by atoms with Crippen LogP contribution in [0.3, 0.4) is 0 Å². The summed E-state index contributed by atoms with van der Waals surface area (Å²) in [5.41, 5.74) is -0.467. The van der Waals surface area contributed by atoms with Gasteiger partial charge in [-0.05, 0) is 27.7 Å². The van der Waals surface area contributed by atoms with Gasteiger partial charge in [-0.3, -0.25) is 14.6 Å². The minimum Gasteiger partial charge on any atom is -0.352 e. The summed E-state index contributed by atoms with van der Waals surface area (Å²) in [5, 5.41) is 11.8. The van der Waals surface area contributed by atoms with Gasteiger partial charge in [0, 0.05) is 11.6 Å². The van der Waals surface area contributed by atoms with Gasteiger partial charge in [0.2, 0.25) is 5.91 Å². The molecule has 0 aromatic carbocycles. The number of thiophene rings is 1. The van der Waals surface area contributed by atoms with Crippen molar-refractivity contribution in [2.24, 2.45) is 0 Å². The standard InChI is InChI=1S/C15H18N6O3S/c1-7(2)18-11(22)9(4)20-13(23)10-8(3)14(21-16-5-6-17-21)25-12(10)19-15(20)24/h5-7,9H,1-4H3,(H,18,22)(H,19,24)/t9-/m1/s1. The number of rotatable bonds is 4. The number of aromatic amines is 1. The summed E-state index contributed by atoms with van der Waals surface area (Å²) < 4.78 is 0.945. The van der Waals surface area contributed by atoms with Crippen LogP contribution in [0.5, 0.6) is 0 Å². The zero-order chi connectivity index (χ0) is 18.3. The van der Waals surface area contributed by atoms with Crippen molar-refractivity contribution in [1.82, 2.24) is 29.9 Å². The molecule has 3 aromatic rings. The van der Waals surface area contributed by atoms with Gasteiger partial charge in [-0.25, -0.2) is 9.36 Å². The second-order valence-corrected chi connectivity index (χ2v) is 7.00. The molecule has 0 unspecified atom stereocenters. The zero-order valence-corrected chi connectivity index (χ0v) is 15.0. The van der Waals surface area contributed by atoms with Gasteiger partial charge in [-0.2, -0.15) is 10.2 Å². The van der Waals surface area contributed by atoms with Gasteiger partial charge >= 0.3 is 5.69 Å². The summed E-state index contributed by atoms with van der Waals surface area (Å²) in [6, 6.07) is -1.01. The van der Waals surface area contributed by atoms with Crippen LogP contribution in [0.1, 0.15) is 32.4 Å². The fourth-order valence-electron chi connectivity index (χ4n) is 2.60. The first-order valence-electron chi connectivity index (χ1n) is 7.76. The maximum Gasteiger partial charge on any atom is 0.330 e. The second-order valence-electron chi connectivity index (χ2n) is 6.00. The fourth-order valence-corrected chi connectivity index (χ4v) is 3.71. The molecule has 0 saturated heterocycles. The zero-order valence-electron chi connectivity index (χ0n) is 14.2. The predicted molar refractivity (Wildman–Crippen MR) is 94.3 cm³/mol. The van der Waals surface area contributed by atoms with Crippen LogP contribution in [0, 0.1) is 6.92 Å². The van der Waals surface area contributed by atoms with E-state index in [1.165, 1.54) is 35.5 Å². The van der Waals surface area contributed by atoms with E-state index < -0.39 is 17.3 Å². The van der Waals surface area contributed by atoms with E-state index in [1.807, 2.05) is 13.8 Å². The summed E-state index contributed by atoms with van der Waals surface area (Å²) in [4.78, 5) is 42.0. The molecule has 3 aromatic heterocycles. The van der Waals surface area contributed by atoms with Crippen LogP contribution in [-0.4, -0.2) is 36.5 Å². The number of amides is 1. The SMILES string of the molecule is Cc1c(-n2nccn2)sc2[nH]c(=O)n([C@H](C)C(=O)NC(C)C)c(=O)c12. The van der Waals surface area contributed by atoms with Gasteiger partial charge in [0.25, 0.3) is 5.56 Å². The van der Waals surface area contributed by atoms with Crippen molar-refractivity contribution >= 4 is 27.5 Å². The van der Waals surface area contributed by atoms with Crippen LogP contribution in [-0.2, 0) is 4.79 Å². The lowest BCUT2D eigenvalue weighted by Gasteiger charge is -2.16. The maximum absolute atomic E-state index is 12.9. The highest BCUT2D eigenvalue weighted by molar-refractivity contribution is 7.21. The average molecular weight is 362 g/mol. The van der Waals surface area contributed by atoms with Crippen LogP contribution < -0.4 is 16.6 Å². The molecule has 10 heteroatoms. The number of nitrogens with one attached hydrogen (secondary N) is 2. The Morgan fingerprint density at radius 2 is 1.88 bits per heavy atom. The number of carbonyl (C=O) groups excluding carboxylic acids is 1. The summed E-state index contributed by atoms with van der Waals surface area (Å²) in [6.45, 7) is 6.92. The fraction of sp³-hybridized carbons (Fsp3) is 0.400. The molecule has 0 aliphatic heterocycles. The lowest BCUT2D eigenvalue weighted by Crippen LogP contribution is -2.44. The summed E-state index contributed by atoms with van der Waals surface area (Å²) in [7, 11) is 0. The van der Waals surface area contributed by atoms with E-state index in [0.29, 0.717) is 20.8 Å². The summed E-state index contributed by atoms with van der Waals surface area (Å²) >= 11 is 1.22. The highest BCUT2D eigenvalue weighted by Gasteiger charge is 2.23. The molecule has 2 N–H and O–H groups in total. The Kier molecular flexibility index (Phi) is 4.29. The molecule has 25 heavy (non-hydrogen) atoms. The third kappa shape index (κ3) is 2.88. The predicted octanol–water partition coefficient (Wildman–Crippen LogP) is 0.726. The normalized spacial score (nSPS) is 12.7. The number of aromatic nitrogens is 5. The molecule has 0 fully saturated rings. The number of carbonyl (C=O) groups is 1. The largest absolute Gasteiger partial charge is 0.352 e. The number of hydrogen-bond acceptors (Lipinski definition) is 6. The van der Waals surface area contributed by atoms with Crippen LogP contribution in [0.2, 0.25) is 0 Å². The monoisotopic (exact) mass is 362 g/mol. The number of fused-ring (bicyclic) bond motifs is 1. The molecular weight excluding hydrogens is 344 g/mol. The first kappa shape index (κ1) is 17.1. The van der Waals surface area contributed by atoms with E-state index in [-0.39, 0.29) is 11.9 Å². The maximum atomic E-state index is 12.9. The lowest BCUT2D eigenvalue weighted by atomic mass is 10.2. The van der Waals surface area contributed by atoms with Crippen molar-refractivity contribution < 1.29 is 4.79 Å². The third-order valence-electron chi connectivity index (χ3n) is 3.79. The Balaban J connectivity index is 2.19. The van der Waals surface area contributed by atoms with E-state index in [2.05, 4.69) is 20.5 Å². The molecule has 1 amide bonds. The van der Waals surface area contributed by atoms with Crippen molar-refractivity contribution in [1.29, 1.82) is 0 Å². The minimum absolute atomic E-state index is 0.0890. The van der Waals surface area contributed by atoms with Gasteiger partial charge in [0.15, 0.2) is 0 Å². The Morgan fingerprint density at radius 3 is 2.48 bits per heavy atom. The second kappa shape index (κ2) is 6.28. The van der Waals surface area contributed by atoms with Gasteiger partial charge in [0.05, 0.1) is 17.8 Å². The Hall–Kier alpha value is -2.75. The molecule has 132 valence electrons. The number of hydrogen-bond donors (Lipinski definition) is 2. The van der Waals surface area contributed by atoms with Gasteiger partial charge in [-0.15, -0.1) is 4.80 Å². The molecule has 0 saturated carbocycles. The molecule has 0 aliphatic carbocycles. The van der Waals surface area contributed by atoms with E-state index in [4.69, 9.17) is 0 Å². The molecule has 0 bridgehead atoms. The molecule has 0 aliphatic rings. The molecule has 0 radical (unpaired) electrons. The van der Waals surface area contributed by atoms with Crippen molar-refractivity contribution in [2.75, 3.05) is 0 Å². The van der Waals surface area contributed by atoms with Crippen LogP contribution in [0.15, 0.2) is 22.0 Å². The van der Waals surface area contributed by atoms with E-state index in [9.17, 15) is 14.4 Å². The minimum atomic E-state index is -0.923. The Labute approximate surface area is 146 Å². The van der Waals surface area contributed by atoms with E-state index in [0.717, 1.165) is 4.57 Å². The third-order valence-corrected chi connectivity index (χ3v) is 4.96. The summed E-state index contributed by atoms with van der Waals surface area (Å²) in [5.74, 6) is -0.385. The highest BCUT2D eigenvalue weighted by Crippen LogP contribution is 2.28.